The standard InChI is InChI=1S/C15H17N3OS/c1-2-11-5-3-6-12(9-11)18-14(19)10-20-15-13(16)7-4-8-17-15/h3-9H,2,10,16H2,1H3,(H,18,19). The van der Waals surface area contributed by atoms with Crippen molar-refractivity contribution in [3.8, 4) is 0 Å². The first-order chi connectivity index (χ1) is 9.69. The molecule has 4 nitrogen and oxygen atoms in total. The van der Waals surface area contributed by atoms with Crippen molar-refractivity contribution in [2.75, 3.05) is 16.8 Å². The second-order valence-corrected chi connectivity index (χ2v) is 5.25. The number of nitrogens with zero attached hydrogens (tertiary/aromatic N) is 1. The molecule has 1 heterocycles. The van der Waals surface area contributed by atoms with Gasteiger partial charge in [0, 0.05) is 11.9 Å². The number of benzene rings is 1. The van der Waals surface area contributed by atoms with Crippen LogP contribution in [0.2, 0.25) is 0 Å². The van der Waals surface area contributed by atoms with Crippen molar-refractivity contribution in [1.29, 1.82) is 0 Å². The van der Waals surface area contributed by atoms with Gasteiger partial charge in [0.1, 0.15) is 5.03 Å². The van der Waals surface area contributed by atoms with Gasteiger partial charge in [-0.05, 0) is 36.2 Å². The van der Waals surface area contributed by atoms with Crippen LogP contribution in [0.15, 0.2) is 47.6 Å². The van der Waals surface area contributed by atoms with E-state index in [1.54, 1.807) is 18.3 Å². The van der Waals surface area contributed by atoms with E-state index in [1.807, 2.05) is 24.3 Å². The van der Waals surface area contributed by atoms with E-state index in [4.69, 9.17) is 5.73 Å². The Hall–Kier alpha value is -2.01. The molecule has 5 heteroatoms. The van der Waals surface area contributed by atoms with Crippen molar-refractivity contribution in [2.24, 2.45) is 0 Å². The molecule has 20 heavy (non-hydrogen) atoms. The number of aryl methyl sites for hydroxylation is 1. The average Bonchev–Trinajstić information content (AvgIpc) is 2.46. The lowest BCUT2D eigenvalue weighted by molar-refractivity contribution is -0.113. The maximum Gasteiger partial charge on any atom is 0.234 e. The fourth-order valence-electron chi connectivity index (χ4n) is 1.72. The van der Waals surface area contributed by atoms with Gasteiger partial charge in [0.05, 0.1) is 11.4 Å². The number of hydrogen-bond acceptors (Lipinski definition) is 4. The number of aromatic nitrogens is 1. The summed E-state index contributed by atoms with van der Waals surface area (Å²) in [6.45, 7) is 2.08. The second-order valence-electron chi connectivity index (χ2n) is 4.29. The predicted octanol–water partition coefficient (Wildman–Crippen LogP) is 2.96. The zero-order chi connectivity index (χ0) is 14.4. The topological polar surface area (TPSA) is 68.0 Å². The molecule has 2 aromatic rings. The number of thioether (sulfide) groups is 1. The van der Waals surface area contributed by atoms with E-state index >= 15 is 0 Å². The van der Waals surface area contributed by atoms with Gasteiger partial charge >= 0.3 is 0 Å². The molecular weight excluding hydrogens is 270 g/mol. The Morgan fingerprint density at radius 2 is 2.20 bits per heavy atom. The number of nitrogens with one attached hydrogen (secondary N) is 1. The van der Waals surface area contributed by atoms with Crippen LogP contribution in [0.3, 0.4) is 0 Å². The number of hydrogen-bond donors (Lipinski definition) is 2. The van der Waals surface area contributed by atoms with Crippen LogP contribution >= 0.6 is 11.8 Å². The molecule has 1 aromatic carbocycles. The molecule has 0 aliphatic rings. The highest BCUT2D eigenvalue weighted by atomic mass is 32.2. The Morgan fingerprint density at radius 3 is 2.95 bits per heavy atom. The summed E-state index contributed by atoms with van der Waals surface area (Å²) >= 11 is 1.34. The van der Waals surface area contributed by atoms with Crippen LogP contribution in [0.25, 0.3) is 0 Å². The van der Waals surface area contributed by atoms with E-state index in [2.05, 4.69) is 17.2 Å². The summed E-state index contributed by atoms with van der Waals surface area (Å²) in [6.07, 6.45) is 2.62. The van der Waals surface area contributed by atoms with Crippen molar-refractivity contribution in [3.05, 3.63) is 48.2 Å². The molecular formula is C15H17N3OS. The highest BCUT2D eigenvalue weighted by Gasteiger charge is 2.06. The monoisotopic (exact) mass is 287 g/mol. The van der Waals surface area contributed by atoms with Crippen LogP contribution in [-0.4, -0.2) is 16.6 Å². The van der Waals surface area contributed by atoms with Crippen LogP contribution < -0.4 is 11.1 Å². The van der Waals surface area contributed by atoms with E-state index in [0.717, 1.165) is 12.1 Å². The molecule has 0 bridgehead atoms. The smallest absolute Gasteiger partial charge is 0.234 e. The second kappa shape index (κ2) is 6.96. The molecule has 0 unspecified atom stereocenters. The highest BCUT2D eigenvalue weighted by Crippen LogP contribution is 2.21. The first-order valence-electron chi connectivity index (χ1n) is 6.41. The molecule has 1 amide bonds. The summed E-state index contributed by atoms with van der Waals surface area (Å²) in [6, 6.07) is 11.4. The number of pyridine rings is 1. The first-order valence-corrected chi connectivity index (χ1v) is 7.39. The fraction of sp³-hybridized carbons (Fsp3) is 0.200. The third-order valence-electron chi connectivity index (χ3n) is 2.76. The summed E-state index contributed by atoms with van der Waals surface area (Å²) < 4.78 is 0. The highest BCUT2D eigenvalue weighted by molar-refractivity contribution is 8.00. The Balaban J connectivity index is 1.91. The summed E-state index contributed by atoms with van der Waals surface area (Å²) in [5.74, 6) is 0.227. The van der Waals surface area contributed by atoms with E-state index in [9.17, 15) is 4.79 Å². The fourth-order valence-corrected chi connectivity index (χ4v) is 2.43. The summed E-state index contributed by atoms with van der Waals surface area (Å²) in [5.41, 5.74) is 8.40. The molecule has 0 spiro atoms. The minimum atomic E-state index is -0.0618. The van der Waals surface area contributed by atoms with Gasteiger partial charge < -0.3 is 11.1 Å². The average molecular weight is 287 g/mol. The molecule has 0 saturated heterocycles. The van der Waals surface area contributed by atoms with E-state index in [1.165, 1.54) is 17.3 Å². The van der Waals surface area contributed by atoms with Crippen LogP contribution in [0.1, 0.15) is 12.5 Å². The summed E-state index contributed by atoms with van der Waals surface area (Å²) in [5, 5.41) is 3.56. The van der Waals surface area contributed by atoms with Gasteiger partial charge in [-0.2, -0.15) is 0 Å². The lowest BCUT2D eigenvalue weighted by Crippen LogP contribution is -2.14. The normalized spacial score (nSPS) is 10.2. The van der Waals surface area contributed by atoms with Crippen molar-refractivity contribution >= 4 is 29.0 Å². The molecule has 1 aromatic heterocycles. The molecule has 0 radical (unpaired) electrons. The Labute approximate surface area is 122 Å². The van der Waals surface area contributed by atoms with E-state index < -0.39 is 0 Å². The number of nitrogens with two attached hydrogens (primary N) is 1. The number of nitrogen functional groups attached to an aromatic ring is 1. The number of anilines is 2. The van der Waals surface area contributed by atoms with Gasteiger partial charge in [0.15, 0.2) is 0 Å². The maximum atomic E-state index is 11.9. The molecule has 0 atom stereocenters. The van der Waals surface area contributed by atoms with Crippen molar-refractivity contribution < 1.29 is 4.79 Å². The summed E-state index contributed by atoms with van der Waals surface area (Å²) in [4.78, 5) is 16.0. The van der Waals surface area contributed by atoms with Gasteiger partial charge in [0.2, 0.25) is 5.91 Å². The SMILES string of the molecule is CCc1cccc(NC(=O)CSc2ncccc2N)c1. The minimum absolute atomic E-state index is 0.0618. The van der Waals surface area contributed by atoms with Gasteiger partial charge in [0.25, 0.3) is 0 Å². The molecule has 0 saturated carbocycles. The zero-order valence-electron chi connectivity index (χ0n) is 11.3. The van der Waals surface area contributed by atoms with Crippen LogP contribution in [0.4, 0.5) is 11.4 Å². The van der Waals surface area contributed by atoms with Gasteiger partial charge in [-0.25, -0.2) is 4.98 Å². The predicted molar refractivity (Wildman–Crippen MR) is 83.8 cm³/mol. The lowest BCUT2D eigenvalue weighted by atomic mass is 10.1. The Kier molecular flexibility index (Phi) is 5.01. The van der Waals surface area contributed by atoms with E-state index in [-0.39, 0.29) is 11.7 Å². The molecule has 0 aliphatic heterocycles. The molecule has 2 rings (SSSR count). The van der Waals surface area contributed by atoms with Gasteiger partial charge in [-0.1, -0.05) is 30.8 Å². The van der Waals surface area contributed by atoms with Gasteiger partial charge in [-0.15, -0.1) is 0 Å². The van der Waals surface area contributed by atoms with Crippen LogP contribution in [0.5, 0.6) is 0 Å². The molecule has 104 valence electrons. The number of carbonyl (C=O) groups is 1. The molecule has 3 N–H and O–H groups in total. The van der Waals surface area contributed by atoms with Crippen molar-refractivity contribution in [2.45, 2.75) is 18.4 Å². The lowest BCUT2D eigenvalue weighted by Gasteiger charge is -2.07. The number of amides is 1. The zero-order valence-corrected chi connectivity index (χ0v) is 12.1. The Bertz CT molecular complexity index is 601. The first kappa shape index (κ1) is 14.4. The largest absolute Gasteiger partial charge is 0.397 e. The molecule has 0 aliphatic carbocycles. The van der Waals surface area contributed by atoms with Crippen molar-refractivity contribution in [1.82, 2.24) is 4.98 Å². The number of carbonyl (C=O) groups excluding carboxylic acids is 1. The van der Waals surface area contributed by atoms with Gasteiger partial charge in [-0.3, -0.25) is 4.79 Å². The van der Waals surface area contributed by atoms with Crippen LogP contribution in [0, 0.1) is 0 Å². The summed E-state index contributed by atoms with van der Waals surface area (Å²) in [7, 11) is 0. The maximum absolute atomic E-state index is 11.9. The molecule has 0 fully saturated rings. The Morgan fingerprint density at radius 1 is 1.35 bits per heavy atom. The van der Waals surface area contributed by atoms with Crippen LogP contribution in [-0.2, 0) is 11.2 Å². The third kappa shape index (κ3) is 3.99. The minimum Gasteiger partial charge on any atom is -0.397 e. The number of rotatable bonds is 5. The van der Waals surface area contributed by atoms with Crippen molar-refractivity contribution in [3.63, 3.8) is 0 Å². The third-order valence-corrected chi connectivity index (χ3v) is 3.78. The van der Waals surface area contributed by atoms with E-state index in [0.29, 0.717) is 10.7 Å². The quantitative estimate of drug-likeness (QED) is 0.830.